The monoisotopic (exact) mass is 1190 g/mol. The molecule has 4 aliphatic rings. The number of phosphoric ester groups is 3. The average molecular weight is 1190 g/mol. The maximum absolute atomic E-state index is 13.6. The summed E-state index contributed by atoms with van der Waals surface area (Å²) >= 11 is 4.78. The van der Waals surface area contributed by atoms with Gasteiger partial charge in [-0.25, -0.2) is 51.9 Å². The van der Waals surface area contributed by atoms with E-state index in [1.165, 1.54) is 39.0 Å². The molecule has 8 rings (SSSR count). The normalized spacial score (nSPS) is 31.4. The van der Waals surface area contributed by atoms with Gasteiger partial charge < -0.3 is 75.3 Å². The Hall–Kier alpha value is -4.40. The number of H-pyrrole nitrogens is 1. The number of nitrogens with two attached hydrogens (primary N) is 2. The van der Waals surface area contributed by atoms with Gasteiger partial charge in [0.05, 0.1) is 39.3 Å². The predicted octanol–water partition coefficient (Wildman–Crippen LogP) is -4.11. The highest BCUT2D eigenvalue weighted by atomic mass is 32.5. The molecule has 77 heavy (non-hydrogen) atoms. The number of hydrogen-bond acceptors (Lipinski definition) is 28. The van der Waals surface area contributed by atoms with E-state index >= 15 is 0 Å². The third-order valence-corrected chi connectivity index (χ3v) is 18.6. The largest absolute Gasteiger partial charge is 0.479 e. The van der Waals surface area contributed by atoms with Crippen LogP contribution in [0.25, 0.3) is 11.2 Å². The summed E-state index contributed by atoms with van der Waals surface area (Å²) in [6.07, 6.45) is -15.0. The summed E-state index contributed by atoms with van der Waals surface area (Å²) < 4.78 is 98.3. The Labute approximate surface area is 436 Å². The fourth-order valence-electron chi connectivity index (χ4n) is 8.63. The molecule has 0 aromatic carbocycles. The highest BCUT2D eigenvalue weighted by Crippen LogP contribution is 2.68. The van der Waals surface area contributed by atoms with Crippen LogP contribution in [-0.2, 0) is 83.0 Å². The predicted molar refractivity (Wildman–Crippen MR) is 255 cm³/mol. The molecule has 8 heterocycles. The van der Waals surface area contributed by atoms with Crippen molar-refractivity contribution in [1.82, 2.24) is 38.5 Å². The van der Waals surface area contributed by atoms with Crippen LogP contribution >= 0.6 is 30.2 Å². The van der Waals surface area contributed by atoms with Crippen LogP contribution in [0.15, 0.2) is 45.8 Å². The molecule has 0 spiro atoms. The van der Waals surface area contributed by atoms with Gasteiger partial charge in [-0.15, -0.1) is 0 Å². The van der Waals surface area contributed by atoms with Crippen molar-refractivity contribution < 1.29 is 109 Å². The number of anilines is 2. The van der Waals surface area contributed by atoms with E-state index in [9.17, 15) is 68.1 Å². The number of aromatic amines is 1. The lowest BCUT2D eigenvalue weighted by Gasteiger charge is -2.26. The first-order valence-corrected chi connectivity index (χ1v) is 29.3. The van der Waals surface area contributed by atoms with Crippen LogP contribution in [0, 0.1) is 5.92 Å². The van der Waals surface area contributed by atoms with Gasteiger partial charge in [-0.05, 0) is 11.8 Å². The number of guanidine groups is 1. The number of aryl methyl sites for hydroxylation is 1. The number of hydrogen-bond donors (Lipinski definition) is 12. The number of carbonyl (C=O) groups is 1. The minimum absolute atomic E-state index is 0.0288. The number of aromatic nitrogens is 8. The molecule has 5 unspecified atom stereocenters. The Kier molecular flexibility index (Phi) is 17.3. The summed E-state index contributed by atoms with van der Waals surface area (Å²) in [6, 6.07) is 0.933. The van der Waals surface area contributed by atoms with E-state index in [2.05, 4.69) is 33.9 Å². The zero-order chi connectivity index (χ0) is 56.3. The minimum atomic E-state index is -5.77. The molecular weight excluding hydrogens is 1140 g/mol. The first kappa shape index (κ1) is 58.7. The second-order valence-corrected chi connectivity index (χ2v) is 24.9. The van der Waals surface area contributed by atoms with Crippen molar-refractivity contribution in [3.63, 3.8) is 0 Å². The number of phosphoric acid groups is 3. The Morgan fingerprint density at radius 3 is 2.14 bits per heavy atom. The van der Waals surface area contributed by atoms with Gasteiger partial charge in [0, 0.05) is 45.8 Å². The number of aliphatic hydroxyl groups is 4. The van der Waals surface area contributed by atoms with Crippen molar-refractivity contribution in [1.29, 1.82) is 0 Å². The van der Waals surface area contributed by atoms with Crippen molar-refractivity contribution in [2.24, 2.45) is 23.7 Å². The van der Waals surface area contributed by atoms with Crippen LogP contribution in [-0.4, -0.2) is 180 Å². The lowest BCUT2D eigenvalue weighted by atomic mass is 9.94. The minimum Gasteiger partial charge on any atom is -0.387 e. The molecule has 426 valence electrons. The van der Waals surface area contributed by atoms with Gasteiger partial charge in [0.15, 0.2) is 30.2 Å². The van der Waals surface area contributed by atoms with Crippen LogP contribution in [0.4, 0.5) is 11.6 Å². The van der Waals surface area contributed by atoms with Crippen LogP contribution < -0.4 is 32.6 Å². The second-order valence-electron chi connectivity index (χ2n) is 17.5. The van der Waals surface area contributed by atoms with Gasteiger partial charge in [0.25, 0.3) is 17.3 Å². The summed E-state index contributed by atoms with van der Waals surface area (Å²) in [4.78, 5) is 99.4. The van der Waals surface area contributed by atoms with Crippen molar-refractivity contribution in [3.8, 4) is 0 Å². The molecule has 4 aliphatic heterocycles. The van der Waals surface area contributed by atoms with Gasteiger partial charge in [-0.1, -0.05) is 0 Å². The van der Waals surface area contributed by atoms with Crippen molar-refractivity contribution >= 4 is 76.7 Å². The lowest BCUT2D eigenvalue weighted by molar-refractivity contribution is -0.753. The highest BCUT2D eigenvalue weighted by Gasteiger charge is 2.54. The average Bonchev–Trinajstić information content (AvgIpc) is 4.13. The third kappa shape index (κ3) is 12.8. The smallest absolute Gasteiger partial charge is 0.387 e. The summed E-state index contributed by atoms with van der Waals surface area (Å²) in [6.45, 7) is -8.52. The molecule has 1 amide bonds. The number of methoxy groups -OCH3 is 1. The first-order chi connectivity index (χ1) is 36.0. The number of nitrogen functional groups attached to an aromatic ring is 1. The van der Waals surface area contributed by atoms with Crippen molar-refractivity contribution in [3.05, 3.63) is 57.8 Å². The fraction of sp³-hybridized carbons (Fsp3) is 0.600. The SMILES string of the molecule is CO[C@@H]1[C@H](OP(=O)(O)OC[C@H]2O[C@@H](n3ccc(=O)[nH]c3=O)[C@H](O)[C@@H]2O)[C@@H](COP(=O)(O)OP(O)(=S)OP(=O)(O)OC[C@H]2O[C@@H]([n+]3cn(C)c4c3NC(N)=NC4O)[C@H](O)[C@@H]2CC(=O)N(C)C)O[C@H]1n1cnc2c(N)ncnc21. The number of imidazole rings is 2. The molecule has 14 N–H and O–H groups in total. The van der Waals surface area contributed by atoms with E-state index in [0.717, 1.165) is 36.6 Å². The topological polar surface area (TPSA) is 509 Å². The van der Waals surface area contributed by atoms with Gasteiger partial charge in [0.2, 0.25) is 24.1 Å². The van der Waals surface area contributed by atoms with Crippen LogP contribution in [0.3, 0.4) is 0 Å². The van der Waals surface area contributed by atoms with E-state index in [4.69, 9.17) is 60.3 Å². The van der Waals surface area contributed by atoms with Crippen LogP contribution in [0.5, 0.6) is 0 Å². The Bertz CT molecular complexity index is 3220. The fourth-order valence-corrected chi connectivity index (χ4v) is 14.6. The van der Waals surface area contributed by atoms with E-state index in [1.54, 1.807) is 7.05 Å². The third-order valence-electron chi connectivity index (χ3n) is 12.2. The number of amides is 1. The van der Waals surface area contributed by atoms with E-state index in [-0.39, 0.29) is 34.5 Å². The standard InChI is InChI=1S/C35H51N13O24P4S/c1-44(2)19(50)7-14-15(67-31(22(14)51)48-13-45(3)21-29(48)42-34(37)43-30(21)54)8-65-74(58,59)71-76(62,77)72-75(60,61)66-10-17-25(26(63-4)33(69-17)47-12-40-20-27(36)38-11-39-28(20)47)70-73(56,57)64-9-16-23(52)24(53)32(68-16)46-6-5-18(49)41-35(46)55/h5-6,11-17,22-26,30-33,51-54H,7-10H2,1-4H3,(H9-,36,37,38,39,41,42,43,49,55,56,57,58,59,60,61,62,77)/p+1/t14-,15-,16-,17-,22-,23-,24-,25-,26-,30?,31-,32-,33-,76?/m1/s1. The number of aliphatic hydroxyl groups excluding tert-OH is 4. The first-order valence-electron chi connectivity index (χ1n) is 22.2. The molecule has 0 aliphatic carbocycles. The van der Waals surface area contributed by atoms with Gasteiger partial charge in [-0.3, -0.25) is 46.4 Å². The lowest BCUT2D eigenvalue weighted by Crippen LogP contribution is -2.48. The maximum Gasteiger partial charge on any atom is 0.479 e. The number of rotatable bonds is 21. The molecule has 3 fully saturated rings. The molecule has 3 saturated heterocycles. The molecule has 0 saturated carbocycles. The van der Waals surface area contributed by atoms with E-state index in [0.29, 0.717) is 0 Å². The second kappa shape index (κ2) is 22.6. The van der Waals surface area contributed by atoms with E-state index < -0.39 is 153 Å². The number of nitrogens with zero attached hydrogens (tertiary/aromatic N) is 9. The van der Waals surface area contributed by atoms with Crippen molar-refractivity contribution in [2.45, 2.75) is 80.2 Å². The van der Waals surface area contributed by atoms with Gasteiger partial charge >= 0.3 is 35.9 Å². The van der Waals surface area contributed by atoms with E-state index in [1.807, 2.05) is 4.98 Å². The molecular formula is C35H52N13O24P4S+. The molecule has 0 bridgehead atoms. The Morgan fingerprint density at radius 1 is 0.857 bits per heavy atom. The van der Waals surface area contributed by atoms with Gasteiger partial charge in [-0.2, -0.15) is 4.99 Å². The molecule has 4 aromatic rings. The number of fused-ring (bicyclic) bond motifs is 2. The summed E-state index contributed by atoms with van der Waals surface area (Å²) in [7, 11) is -11.3. The summed E-state index contributed by atoms with van der Waals surface area (Å²) in [5.74, 6) is -1.78. The Morgan fingerprint density at radius 2 is 1.49 bits per heavy atom. The zero-order valence-electron chi connectivity index (χ0n) is 40.2. The Balaban J connectivity index is 0.945. The maximum atomic E-state index is 13.6. The number of aliphatic imine (C=N–C) groups is 1. The number of nitrogens with one attached hydrogen (secondary N) is 2. The van der Waals surface area contributed by atoms with Crippen LogP contribution in [0.1, 0.15) is 37.0 Å². The molecule has 4 aromatic heterocycles. The molecule has 37 nitrogen and oxygen atoms in total. The molecule has 0 radical (unpaired) electrons. The summed E-state index contributed by atoms with van der Waals surface area (Å²) in [5, 5.41) is 46.1. The quantitative estimate of drug-likeness (QED) is 0.0279. The van der Waals surface area contributed by atoms with Crippen LogP contribution in [0.2, 0.25) is 0 Å². The van der Waals surface area contributed by atoms with Gasteiger partial charge in [0.1, 0.15) is 54.6 Å². The van der Waals surface area contributed by atoms with Crippen molar-refractivity contribution in [2.75, 3.05) is 52.1 Å². The molecule has 17 atom stereocenters. The molecule has 42 heteroatoms. The highest BCUT2D eigenvalue weighted by molar-refractivity contribution is 8.09. The number of ether oxygens (including phenoxy) is 4. The summed E-state index contributed by atoms with van der Waals surface area (Å²) in [5.41, 5.74) is 10.3. The number of carbonyl (C=O) groups excluding carboxylic acids is 1. The zero-order valence-corrected chi connectivity index (χ0v) is 44.6.